The minimum absolute atomic E-state index is 0.384. The number of nitrogens with one attached hydrogen (secondary N) is 2. The largest absolute Gasteiger partial charge is 0.444 e. The van der Waals surface area contributed by atoms with Gasteiger partial charge in [-0.05, 0) is 27.7 Å². The molecule has 2 N–H and O–H groups in total. The second-order valence-electron chi connectivity index (χ2n) is 5.80. The first kappa shape index (κ1) is 15.8. The van der Waals surface area contributed by atoms with Gasteiger partial charge in [0, 0.05) is 31.2 Å². The van der Waals surface area contributed by atoms with Crippen LogP contribution in [0.3, 0.4) is 0 Å². The van der Waals surface area contributed by atoms with Crippen LogP contribution in [-0.4, -0.2) is 34.2 Å². The summed E-state index contributed by atoms with van der Waals surface area (Å²) in [7, 11) is 0. The molecule has 0 saturated carbocycles. The molecule has 2 rings (SSSR count). The maximum atomic E-state index is 11.5. The number of amides is 1. The van der Waals surface area contributed by atoms with Crippen molar-refractivity contribution in [3.63, 3.8) is 0 Å². The number of rotatable bonds is 5. The zero-order valence-corrected chi connectivity index (χ0v) is 13.7. The minimum Gasteiger partial charge on any atom is -0.444 e. The number of hydrogen-bond acceptors (Lipinski definition) is 5. The van der Waals surface area contributed by atoms with Crippen molar-refractivity contribution in [1.29, 1.82) is 0 Å². The van der Waals surface area contributed by atoms with Gasteiger partial charge in [0.05, 0.1) is 11.4 Å². The number of thiazole rings is 1. The number of ether oxygens (including phenoxy) is 1. The molecule has 2 aromatic heterocycles. The van der Waals surface area contributed by atoms with E-state index in [2.05, 4.69) is 20.0 Å². The van der Waals surface area contributed by atoms with Crippen LogP contribution in [0.5, 0.6) is 0 Å². The summed E-state index contributed by atoms with van der Waals surface area (Å²) in [5, 5.41) is 8.05. The second kappa shape index (κ2) is 6.44. The normalized spacial score (nSPS) is 11.8. The van der Waals surface area contributed by atoms with E-state index in [0.717, 1.165) is 22.9 Å². The van der Waals surface area contributed by atoms with Crippen LogP contribution < -0.4 is 10.6 Å². The fourth-order valence-corrected chi connectivity index (χ4v) is 2.71. The standard InChI is InChI=1S/C14H22N4O2S/c1-10-11(18-7-8-21-12(18)17-10)9-15-5-6-16-13(19)20-14(2,3)4/h7-8,15H,5-6,9H2,1-4H3,(H,16,19). The van der Waals surface area contributed by atoms with Gasteiger partial charge < -0.3 is 15.4 Å². The predicted octanol–water partition coefficient (Wildman–Crippen LogP) is 2.32. The van der Waals surface area contributed by atoms with Crippen molar-refractivity contribution in [2.75, 3.05) is 13.1 Å². The minimum atomic E-state index is -0.462. The summed E-state index contributed by atoms with van der Waals surface area (Å²) < 4.78 is 7.26. The summed E-state index contributed by atoms with van der Waals surface area (Å²) in [4.78, 5) is 17.0. The van der Waals surface area contributed by atoms with Crippen molar-refractivity contribution < 1.29 is 9.53 Å². The highest BCUT2D eigenvalue weighted by Gasteiger charge is 2.15. The lowest BCUT2D eigenvalue weighted by Crippen LogP contribution is -2.36. The molecule has 0 spiro atoms. The Morgan fingerprint density at radius 3 is 2.90 bits per heavy atom. The second-order valence-corrected chi connectivity index (χ2v) is 6.68. The smallest absolute Gasteiger partial charge is 0.407 e. The fraction of sp³-hybridized carbons (Fsp3) is 0.571. The first-order chi connectivity index (χ1) is 9.87. The molecule has 2 heterocycles. The van der Waals surface area contributed by atoms with E-state index in [0.29, 0.717) is 13.1 Å². The number of hydrogen-bond donors (Lipinski definition) is 2. The summed E-state index contributed by atoms with van der Waals surface area (Å²) in [5.74, 6) is 0. The summed E-state index contributed by atoms with van der Waals surface area (Å²) in [5.41, 5.74) is 1.73. The molecule has 0 atom stereocenters. The number of nitrogens with zero attached hydrogens (tertiary/aromatic N) is 2. The van der Waals surface area contributed by atoms with Gasteiger partial charge >= 0.3 is 6.09 Å². The monoisotopic (exact) mass is 310 g/mol. The van der Waals surface area contributed by atoms with E-state index in [9.17, 15) is 4.79 Å². The number of imidazole rings is 1. The van der Waals surface area contributed by atoms with Gasteiger partial charge in [0.25, 0.3) is 0 Å². The first-order valence-electron chi connectivity index (χ1n) is 6.95. The summed E-state index contributed by atoms with van der Waals surface area (Å²) in [6.45, 7) is 9.48. The topological polar surface area (TPSA) is 67.7 Å². The number of fused-ring (bicyclic) bond motifs is 1. The van der Waals surface area contributed by atoms with Crippen LogP contribution in [0, 0.1) is 6.92 Å². The number of aryl methyl sites for hydroxylation is 1. The molecule has 0 bridgehead atoms. The number of alkyl carbamates (subject to hydrolysis) is 1. The molecule has 0 saturated heterocycles. The van der Waals surface area contributed by atoms with Crippen molar-refractivity contribution in [1.82, 2.24) is 20.0 Å². The third-order valence-electron chi connectivity index (χ3n) is 2.82. The molecule has 1 amide bonds. The van der Waals surface area contributed by atoms with Crippen LogP contribution in [-0.2, 0) is 11.3 Å². The summed E-state index contributed by atoms with van der Waals surface area (Å²) >= 11 is 1.63. The number of carbonyl (C=O) groups excluding carboxylic acids is 1. The molecule has 0 radical (unpaired) electrons. The van der Waals surface area contributed by atoms with Gasteiger partial charge in [-0.1, -0.05) is 0 Å². The highest BCUT2D eigenvalue weighted by Crippen LogP contribution is 2.16. The van der Waals surface area contributed by atoms with Gasteiger partial charge in [-0.3, -0.25) is 4.40 Å². The fourth-order valence-electron chi connectivity index (χ4n) is 1.93. The molecule has 0 fully saturated rings. The number of carbonyl (C=O) groups is 1. The Labute approximate surface area is 128 Å². The Morgan fingerprint density at radius 2 is 2.19 bits per heavy atom. The predicted molar refractivity (Wildman–Crippen MR) is 83.7 cm³/mol. The van der Waals surface area contributed by atoms with E-state index in [1.165, 1.54) is 0 Å². The van der Waals surface area contributed by atoms with Crippen LogP contribution in [0.25, 0.3) is 4.96 Å². The van der Waals surface area contributed by atoms with Crippen LogP contribution in [0.4, 0.5) is 4.79 Å². The van der Waals surface area contributed by atoms with E-state index in [1.807, 2.05) is 39.3 Å². The summed E-state index contributed by atoms with van der Waals surface area (Å²) in [6, 6.07) is 0. The molecule has 2 aromatic rings. The van der Waals surface area contributed by atoms with Crippen LogP contribution >= 0.6 is 11.3 Å². The Balaban J connectivity index is 1.72. The van der Waals surface area contributed by atoms with Crippen molar-refractivity contribution in [2.45, 2.75) is 39.8 Å². The molecule has 0 unspecified atom stereocenters. The van der Waals surface area contributed by atoms with Crippen molar-refractivity contribution in [3.05, 3.63) is 23.0 Å². The van der Waals surface area contributed by atoms with E-state index < -0.39 is 5.60 Å². The Kier molecular flexibility index (Phi) is 4.84. The van der Waals surface area contributed by atoms with Crippen molar-refractivity contribution in [3.8, 4) is 0 Å². The van der Waals surface area contributed by atoms with Crippen LogP contribution in [0.2, 0.25) is 0 Å². The van der Waals surface area contributed by atoms with Crippen LogP contribution in [0.1, 0.15) is 32.2 Å². The van der Waals surface area contributed by atoms with Gasteiger partial charge in [-0.15, -0.1) is 11.3 Å². The molecular weight excluding hydrogens is 288 g/mol. The molecule has 0 aliphatic rings. The van der Waals surface area contributed by atoms with E-state index in [-0.39, 0.29) is 6.09 Å². The Morgan fingerprint density at radius 1 is 1.43 bits per heavy atom. The molecule has 0 aliphatic carbocycles. The third-order valence-corrected chi connectivity index (χ3v) is 3.58. The van der Waals surface area contributed by atoms with E-state index in [1.54, 1.807) is 11.3 Å². The van der Waals surface area contributed by atoms with Gasteiger partial charge in [-0.2, -0.15) is 0 Å². The lowest BCUT2D eigenvalue weighted by molar-refractivity contribution is 0.0528. The molecule has 116 valence electrons. The van der Waals surface area contributed by atoms with Crippen molar-refractivity contribution in [2.24, 2.45) is 0 Å². The summed E-state index contributed by atoms with van der Waals surface area (Å²) in [6.07, 6.45) is 1.64. The Bertz CT molecular complexity index is 612. The van der Waals surface area contributed by atoms with Gasteiger partial charge in [0.2, 0.25) is 0 Å². The maximum Gasteiger partial charge on any atom is 0.407 e. The van der Waals surface area contributed by atoms with Gasteiger partial charge in [0.15, 0.2) is 4.96 Å². The Hall–Kier alpha value is -1.60. The first-order valence-corrected chi connectivity index (χ1v) is 7.83. The molecule has 6 nitrogen and oxygen atoms in total. The van der Waals surface area contributed by atoms with Gasteiger partial charge in [0.1, 0.15) is 5.60 Å². The third kappa shape index (κ3) is 4.44. The van der Waals surface area contributed by atoms with Gasteiger partial charge in [-0.25, -0.2) is 9.78 Å². The zero-order chi connectivity index (χ0) is 15.5. The van der Waals surface area contributed by atoms with E-state index >= 15 is 0 Å². The van der Waals surface area contributed by atoms with Crippen molar-refractivity contribution >= 4 is 22.4 Å². The average molecular weight is 310 g/mol. The molecule has 0 aliphatic heterocycles. The van der Waals surface area contributed by atoms with Crippen LogP contribution in [0.15, 0.2) is 11.6 Å². The highest BCUT2D eigenvalue weighted by atomic mass is 32.1. The lowest BCUT2D eigenvalue weighted by Gasteiger charge is -2.19. The SMILES string of the molecule is Cc1nc2sccn2c1CNCCNC(=O)OC(C)(C)C. The van der Waals surface area contributed by atoms with E-state index in [4.69, 9.17) is 4.74 Å². The number of aromatic nitrogens is 2. The zero-order valence-electron chi connectivity index (χ0n) is 12.9. The lowest BCUT2D eigenvalue weighted by atomic mass is 10.2. The average Bonchev–Trinajstić information content (AvgIpc) is 2.88. The quantitative estimate of drug-likeness (QED) is 0.832. The molecule has 7 heteroatoms. The molecular formula is C14H22N4O2S. The molecule has 0 aromatic carbocycles. The molecule has 21 heavy (non-hydrogen) atoms. The highest BCUT2D eigenvalue weighted by molar-refractivity contribution is 7.15. The maximum absolute atomic E-state index is 11.5.